The monoisotopic (exact) mass is 432 g/mol. The number of aliphatic imine (C=N–C) groups is 1. The highest BCUT2D eigenvalue weighted by Gasteiger charge is 2.12. The average molecular weight is 433 g/mol. The summed E-state index contributed by atoms with van der Waals surface area (Å²) in [4.78, 5) is 19.7. The lowest BCUT2D eigenvalue weighted by Crippen LogP contribution is -2.36. The van der Waals surface area contributed by atoms with Crippen molar-refractivity contribution in [3.05, 3.63) is 77.1 Å². The fraction of sp³-hybridized carbons (Fsp3) is 0.320. The van der Waals surface area contributed by atoms with E-state index in [0.717, 1.165) is 41.2 Å². The van der Waals surface area contributed by atoms with Gasteiger partial charge in [0, 0.05) is 49.3 Å². The topological polar surface area (TPSA) is 74.6 Å². The lowest BCUT2D eigenvalue weighted by Gasteiger charge is -2.15. The zero-order chi connectivity index (χ0) is 23.1. The van der Waals surface area contributed by atoms with Crippen molar-refractivity contribution in [3.63, 3.8) is 0 Å². The SMILES string of the molecule is CCCn1cc(CN=C(NC(=O)c2cccc(N(C)C)c2)Nc2ccccc2C)c(C)n1. The molecule has 0 saturated carbocycles. The number of hydrogen-bond acceptors (Lipinski definition) is 4. The Morgan fingerprint density at radius 3 is 2.62 bits per heavy atom. The molecule has 0 atom stereocenters. The predicted molar refractivity (Wildman–Crippen MR) is 131 cm³/mol. The molecule has 0 saturated heterocycles. The van der Waals surface area contributed by atoms with Crippen LogP contribution in [0.15, 0.2) is 59.7 Å². The highest BCUT2D eigenvalue weighted by Crippen LogP contribution is 2.15. The number of benzene rings is 2. The van der Waals surface area contributed by atoms with Gasteiger partial charge in [-0.1, -0.05) is 31.2 Å². The normalized spacial score (nSPS) is 11.3. The maximum absolute atomic E-state index is 13.0. The summed E-state index contributed by atoms with van der Waals surface area (Å²) in [6.45, 7) is 7.41. The third kappa shape index (κ3) is 5.97. The smallest absolute Gasteiger partial charge is 0.258 e. The molecule has 0 bridgehead atoms. The molecule has 3 aromatic rings. The Bertz CT molecular complexity index is 1100. The largest absolute Gasteiger partial charge is 0.378 e. The first kappa shape index (κ1) is 23.1. The fourth-order valence-corrected chi connectivity index (χ4v) is 3.28. The maximum Gasteiger partial charge on any atom is 0.258 e. The number of aromatic nitrogens is 2. The minimum atomic E-state index is -0.216. The summed E-state index contributed by atoms with van der Waals surface area (Å²) in [6.07, 6.45) is 3.04. The van der Waals surface area contributed by atoms with Gasteiger partial charge in [0.1, 0.15) is 0 Å². The number of hydrogen-bond donors (Lipinski definition) is 2. The molecule has 0 aliphatic carbocycles. The summed E-state index contributed by atoms with van der Waals surface area (Å²) in [7, 11) is 3.90. The Balaban J connectivity index is 1.85. The van der Waals surface area contributed by atoms with Gasteiger partial charge >= 0.3 is 0 Å². The van der Waals surface area contributed by atoms with Crippen LogP contribution in [-0.2, 0) is 13.1 Å². The first-order valence-electron chi connectivity index (χ1n) is 10.9. The molecular formula is C25H32N6O. The van der Waals surface area contributed by atoms with Crippen LogP contribution in [0.3, 0.4) is 0 Å². The molecule has 7 heteroatoms. The number of nitrogens with zero attached hydrogens (tertiary/aromatic N) is 4. The number of nitrogens with one attached hydrogen (secondary N) is 2. The Labute approximate surface area is 190 Å². The van der Waals surface area contributed by atoms with E-state index in [1.807, 2.05) is 86.2 Å². The molecule has 1 heterocycles. The van der Waals surface area contributed by atoms with E-state index in [-0.39, 0.29) is 5.91 Å². The van der Waals surface area contributed by atoms with Crippen molar-refractivity contribution in [3.8, 4) is 0 Å². The van der Waals surface area contributed by atoms with Crippen LogP contribution < -0.4 is 15.5 Å². The molecule has 0 aliphatic heterocycles. The van der Waals surface area contributed by atoms with Gasteiger partial charge in [-0.25, -0.2) is 4.99 Å². The molecular weight excluding hydrogens is 400 g/mol. The van der Waals surface area contributed by atoms with Gasteiger partial charge in [-0.15, -0.1) is 0 Å². The third-order valence-electron chi connectivity index (χ3n) is 5.16. The number of aryl methyl sites for hydroxylation is 3. The molecule has 0 aliphatic rings. The first-order valence-corrected chi connectivity index (χ1v) is 10.9. The van der Waals surface area contributed by atoms with Crippen LogP contribution in [0.4, 0.5) is 11.4 Å². The molecule has 168 valence electrons. The van der Waals surface area contributed by atoms with Crippen molar-refractivity contribution in [2.24, 2.45) is 4.99 Å². The Morgan fingerprint density at radius 2 is 1.91 bits per heavy atom. The van der Waals surface area contributed by atoms with E-state index in [0.29, 0.717) is 18.1 Å². The highest BCUT2D eigenvalue weighted by atomic mass is 16.1. The van der Waals surface area contributed by atoms with Crippen molar-refractivity contribution in [2.45, 2.75) is 40.3 Å². The maximum atomic E-state index is 13.0. The fourth-order valence-electron chi connectivity index (χ4n) is 3.28. The minimum absolute atomic E-state index is 0.216. The van der Waals surface area contributed by atoms with Gasteiger partial charge in [-0.2, -0.15) is 5.10 Å². The van der Waals surface area contributed by atoms with Gasteiger partial charge in [0.15, 0.2) is 0 Å². The Kier molecular flexibility index (Phi) is 7.65. The van der Waals surface area contributed by atoms with Crippen molar-refractivity contribution in [1.29, 1.82) is 0 Å². The van der Waals surface area contributed by atoms with Gasteiger partial charge in [-0.05, 0) is 50.1 Å². The van der Waals surface area contributed by atoms with E-state index in [9.17, 15) is 4.79 Å². The van der Waals surface area contributed by atoms with E-state index in [2.05, 4.69) is 22.7 Å². The summed E-state index contributed by atoms with van der Waals surface area (Å²) < 4.78 is 1.94. The number of amides is 1. The first-order chi connectivity index (χ1) is 15.4. The van der Waals surface area contributed by atoms with Crippen LogP contribution >= 0.6 is 0 Å². The zero-order valence-electron chi connectivity index (χ0n) is 19.5. The van der Waals surface area contributed by atoms with Crippen molar-refractivity contribution in [2.75, 3.05) is 24.3 Å². The molecule has 2 N–H and O–H groups in total. The number of para-hydroxylation sites is 1. The highest BCUT2D eigenvalue weighted by molar-refractivity contribution is 6.10. The summed E-state index contributed by atoms with van der Waals surface area (Å²) in [6, 6.07) is 15.4. The summed E-state index contributed by atoms with van der Waals surface area (Å²) >= 11 is 0. The Morgan fingerprint density at radius 1 is 1.12 bits per heavy atom. The second-order valence-corrected chi connectivity index (χ2v) is 8.01. The molecule has 0 radical (unpaired) electrons. The van der Waals surface area contributed by atoms with E-state index in [1.165, 1.54) is 0 Å². The van der Waals surface area contributed by atoms with E-state index >= 15 is 0 Å². The van der Waals surface area contributed by atoms with Crippen molar-refractivity contribution < 1.29 is 4.79 Å². The van der Waals surface area contributed by atoms with Crippen LogP contribution in [0.2, 0.25) is 0 Å². The molecule has 32 heavy (non-hydrogen) atoms. The number of rotatable bonds is 7. The zero-order valence-corrected chi connectivity index (χ0v) is 19.5. The number of carbonyl (C=O) groups excluding carboxylic acids is 1. The lowest BCUT2D eigenvalue weighted by molar-refractivity contribution is 0.0977. The van der Waals surface area contributed by atoms with Crippen molar-refractivity contribution >= 4 is 23.2 Å². The summed E-state index contributed by atoms with van der Waals surface area (Å²) in [5, 5.41) is 10.8. The molecule has 7 nitrogen and oxygen atoms in total. The second kappa shape index (κ2) is 10.6. The van der Waals surface area contributed by atoms with Crippen molar-refractivity contribution in [1.82, 2.24) is 15.1 Å². The number of carbonyl (C=O) groups is 1. The standard InChI is InChI=1S/C25H32N6O/c1-6-14-31-17-21(19(3)29-31)16-26-25(27-23-13-8-7-10-18(23)2)28-24(32)20-11-9-12-22(15-20)30(4)5/h7-13,15,17H,6,14,16H2,1-5H3,(H2,26,27,28,32). The van der Waals surface area contributed by atoms with Gasteiger partial charge in [-0.3, -0.25) is 14.8 Å². The van der Waals surface area contributed by atoms with Gasteiger partial charge < -0.3 is 10.2 Å². The quantitative estimate of drug-likeness (QED) is 0.429. The minimum Gasteiger partial charge on any atom is -0.378 e. The summed E-state index contributed by atoms with van der Waals surface area (Å²) in [5.41, 5.74) is 5.47. The van der Waals surface area contributed by atoms with Crippen LogP contribution in [0.25, 0.3) is 0 Å². The van der Waals surface area contributed by atoms with E-state index < -0.39 is 0 Å². The number of anilines is 2. The molecule has 0 fully saturated rings. The lowest BCUT2D eigenvalue weighted by atomic mass is 10.2. The van der Waals surface area contributed by atoms with E-state index in [1.54, 1.807) is 6.07 Å². The van der Waals surface area contributed by atoms with Crippen LogP contribution in [0.5, 0.6) is 0 Å². The average Bonchev–Trinajstić information content (AvgIpc) is 3.12. The summed E-state index contributed by atoms with van der Waals surface area (Å²) in [5.74, 6) is 0.189. The van der Waals surface area contributed by atoms with Crippen LogP contribution in [-0.4, -0.2) is 35.7 Å². The molecule has 1 amide bonds. The van der Waals surface area contributed by atoms with Crippen LogP contribution in [0, 0.1) is 13.8 Å². The van der Waals surface area contributed by atoms with E-state index in [4.69, 9.17) is 4.99 Å². The Hall–Kier alpha value is -3.61. The molecule has 2 aromatic carbocycles. The molecule has 3 rings (SSSR count). The molecule has 0 unspecified atom stereocenters. The second-order valence-electron chi connectivity index (χ2n) is 8.01. The van der Waals surface area contributed by atoms with Crippen LogP contribution in [0.1, 0.15) is 40.5 Å². The van der Waals surface area contributed by atoms with Gasteiger partial charge in [0.25, 0.3) is 5.91 Å². The van der Waals surface area contributed by atoms with Gasteiger partial charge in [0.05, 0.1) is 12.2 Å². The number of guanidine groups is 1. The molecule has 0 spiro atoms. The molecule has 1 aromatic heterocycles. The van der Waals surface area contributed by atoms with Gasteiger partial charge in [0.2, 0.25) is 5.96 Å². The third-order valence-corrected chi connectivity index (χ3v) is 5.16. The predicted octanol–water partition coefficient (Wildman–Crippen LogP) is 4.37.